The molecule has 5 nitrogen and oxygen atoms in total. The van der Waals surface area contributed by atoms with Crippen molar-refractivity contribution in [3.63, 3.8) is 0 Å². The Morgan fingerprint density at radius 3 is 2.75 bits per heavy atom. The molecule has 6 heteroatoms. The van der Waals surface area contributed by atoms with E-state index in [1.165, 1.54) is 4.68 Å². The van der Waals surface area contributed by atoms with Gasteiger partial charge in [0.25, 0.3) is 0 Å². The van der Waals surface area contributed by atoms with Gasteiger partial charge >= 0.3 is 11.1 Å². The van der Waals surface area contributed by atoms with Gasteiger partial charge in [-0.15, -0.1) is 6.58 Å². The molecule has 0 spiro atoms. The summed E-state index contributed by atoms with van der Waals surface area (Å²) in [4.78, 5) is 23.7. The maximum Gasteiger partial charge on any atom is 0.328 e. The van der Waals surface area contributed by atoms with E-state index < -0.39 is 11.1 Å². The average Bonchev–Trinajstić information content (AvgIpc) is 2.01. The molecule has 0 bridgehead atoms. The van der Waals surface area contributed by atoms with Crippen LogP contribution < -0.4 is 11.1 Å². The highest BCUT2D eigenvalue weighted by molar-refractivity contribution is 7.71. The molecule has 1 aromatic heterocycles. The van der Waals surface area contributed by atoms with E-state index in [9.17, 15) is 9.59 Å². The van der Waals surface area contributed by atoms with Gasteiger partial charge in [0.1, 0.15) is 0 Å². The maximum absolute atomic E-state index is 10.8. The first kappa shape index (κ1) is 8.66. The van der Waals surface area contributed by atoms with Crippen molar-refractivity contribution in [3.05, 3.63) is 38.1 Å². The van der Waals surface area contributed by atoms with E-state index in [1.807, 2.05) is 0 Å². The van der Waals surface area contributed by atoms with Crippen molar-refractivity contribution in [2.75, 3.05) is 0 Å². The smallest absolute Gasteiger partial charge is 0.293 e. The van der Waals surface area contributed by atoms with Gasteiger partial charge in [0.05, 0.1) is 6.54 Å². The zero-order valence-corrected chi connectivity index (χ0v) is 6.98. The minimum Gasteiger partial charge on any atom is -0.293 e. The van der Waals surface area contributed by atoms with E-state index >= 15 is 0 Å². The maximum atomic E-state index is 10.8. The minimum atomic E-state index is -0.736. The third-order valence-corrected chi connectivity index (χ3v) is 1.54. The minimum absolute atomic E-state index is 0.180. The molecule has 1 heterocycles. The second kappa shape index (κ2) is 3.31. The molecule has 0 saturated heterocycles. The van der Waals surface area contributed by atoms with E-state index in [-0.39, 0.29) is 4.77 Å². The number of hydrogen-bond acceptors (Lipinski definition) is 3. The van der Waals surface area contributed by atoms with Crippen molar-refractivity contribution in [1.82, 2.24) is 14.8 Å². The van der Waals surface area contributed by atoms with Gasteiger partial charge in [0.15, 0.2) is 4.77 Å². The molecule has 12 heavy (non-hydrogen) atoms. The van der Waals surface area contributed by atoms with Gasteiger partial charge in [-0.05, 0) is 12.2 Å². The third kappa shape index (κ3) is 1.59. The van der Waals surface area contributed by atoms with Crippen LogP contribution in [-0.4, -0.2) is 14.8 Å². The number of allylic oxidation sites excluding steroid dienone is 1. The van der Waals surface area contributed by atoms with Crippen molar-refractivity contribution in [2.45, 2.75) is 6.54 Å². The zero-order valence-electron chi connectivity index (χ0n) is 6.16. The van der Waals surface area contributed by atoms with Crippen LogP contribution in [0.5, 0.6) is 0 Å². The Hall–Kier alpha value is -1.43. The van der Waals surface area contributed by atoms with Crippen molar-refractivity contribution < 1.29 is 0 Å². The molecule has 1 aromatic rings. The summed E-state index contributed by atoms with van der Waals surface area (Å²) in [7, 11) is 0. The Balaban J connectivity index is 3.43. The molecule has 0 radical (unpaired) electrons. The summed E-state index contributed by atoms with van der Waals surface area (Å²) >= 11 is 4.75. The van der Waals surface area contributed by atoms with Crippen molar-refractivity contribution in [2.24, 2.45) is 0 Å². The number of H-pyrrole nitrogens is 2. The summed E-state index contributed by atoms with van der Waals surface area (Å²) in [6.45, 7) is 3.83. The molecule has 0 aliphatic rings. The molecule has 0 aliphatic heterocycles. The number of rotatable bonds is 2. The van der Waals surface area contributed by atoms with Gasteiger partial charge in [-0.3, -0.25) is 24.4 Å². The van der Waals surface area contributed by atoms with E-state index in [0.29, 0.717) is 6.54 Å². The van der Waals surface area contributed by atoms with E-state index in [4.69, 9.17) is 12.2 Å². The first-order valence-electron chi connectivity index (χ1n) is 3.19. The number of nitrogens with one attached hydrogen (secondary N) is 2. The number of hydrogen-bond donors (Lipinski definition) is 2. The molecule has 0 saturated carbocycles. The quantitative estimate of drug-likeness (QED) is 0.380. The second-order valence-electron chi connectivity index (χ2n) is 2.10. The lowest BCUT2D eigenvalue weighted by molar-refractivity contribution is 0.624. The van der Waals surface area contributed by atoms with Gasteiger partial charge in [-0.2, -0.15) is 0 Å². The van der Waals surface area contributed by atoms with Crippen LogP contribution >= 0.6 is 12.2 Å². The molecule has 0 atom stereocenters. The first-order valence-corrected chi connectivity index (χ1v) is 3.60. The fourth-order valence-corrected chi connectivity index (χ4v) is 0.916. The van der Waals surface area contributed by atoms with Gasteiger partial charge in [-0.25, -0.2) is 0 Å². The molecule has 0 amide bonds. The monoisotopic (exact) mass is 185 g/mol. The standard InChI is InChI=1S/C6H7N3O2S/c1-2-3-9-6(12)7-4(10)5(11)8-9/h2H,1,3H2,(H,8,11)(H,7,10,12). The van der Waals surface area contributed by atoms with Crippen LogP contribution in [0.3, 0.4) is 0 Å². The molecule has 0 unspecified atom stereocenters. The number of aromatic nitrogens is 3. The molecule has 0 fully saturated rings. The van der Waals surface area contributed by atoms with Crippen LogP contribution in [0, 0.1) is 4.77 Å². The van der Waals surface area contributed by atoms with Gasteiger partial charge < -0.3 is 0 Å². The van der Waals surface area contributed by atoms with Crippen LogP contribution in [0.2, 0.25) is 0 Å². The van der Waals surface area contributed by atoms with Crippen LogP contribution in [-0.2, 0) is 6.54 Å². The molecule has 0 aromatic carbocycles. The fourth-order valence-electron chi connectivity index (χ4n) is 0.703. The SMILES string of the molecule is C=CCn1[nH]c(=O)c(=O)[nH]c1=S. The summed E-state index contributed by atoms with van der Waals surface area (Å²) in [5.74, 6) is 0. The predicted molar refractivity (Wildman–Crippen MR) is 46.7 cm³/mol. The predicted octanol–water partition coefficient (Wildman–Crippen LogP) is -0.220. The molecule has 1 rings (SSSR count). The Morgan fingerprint density at radius 2 is 2.17 bits per heavy atom. The van der Waals surface area contributed by atoms with Gasteiger partial charge in [-0.1, -0.05) is 6.08 Å². The Kier molecular flexibility index (Phi) is 2.39. The molecule has 0 aliphatic carbocycles. The third-order valence-electron chi connectivity index (χ3n) is 1.22. The molecular formula is C6H7N3O2S. The Morgan fingerprint density at radius 1 is 1.50 bits per heavy atom. The second-order valence-corrected chi connectivity index (χ2v) is 2.49. The molecule has 64 valence electrons. The fraction of sp³-hybridized carbons (Fsp3) is 0.167. The lowest BCUT2D eigenvalue weighted by atomic mass is 10.6. The summed E-state index contributed by atoms with van der Waals surface area (Å²) in [5, 5.41) is 2.29. The average molecular weight is 185 g/mol. The number of nitrogens with zero attached hydrogens (tertiary/aromatic N) is 1. The van der Waals surface area contributed by atoms with Crippen LogP contribution in [0.4, 0.5) is 0 Å². The largest absolute Gasteiger partial charge is 0.328 e. The summed E-state index contributed by atoms with van der Waals surface area (Å²) in [6, 6.07) is 0. The van der Waals surface area contributed by atoms with E-state index in [1.54, 1.807) is 6.08 Å². The number of aromatic amines is 2. The highest BCUT2D eigenvalue weighted by Gasteiger charge is 1.94. The molecular weight excluding hydrogens is 178 g/mol. The van der Waals surface area contributed by atoms with Crippen LogP contribution in [0.15, 0.2) is 22.2 Å². The summed E-state index contributed by atoms with van der Waals surface area (Å²) in [6.07, 6.45) is 1.56. The highest BCUT2D eigenvalue weighted by atomic mass is 32.1. The van der Waals surface area contributed by atoms with Crippen molar-refractivity contribution in [1.29, 1.82) is 0 Å². The van der Waals surface area contributed by atoms with Gasteiger partial charge in [0, 0.05) is 0 Å². The summed E-state index contributed by atoms with van der Waals surface area (Å²) < 4.78 is 1.51. The Labute approximate surface area is 72.4 Å². The summed E-state index contributed by atoms with van der Waals surface area (Å²) in [5.41, 5.74) is -1.45. The Bertz CT molecular complexity index is 453. The first-order chi connectivity index (χ1) is 5.65. The van der Waals surface area contributed by atoms with Crippen LogP contribution in [0.25, 0.3) is 0 Å². The van der Waals surface area contributed by atoms with E-state index in [2.05, 4.69) is 16.7 Å². The topological polar surface area (TPSA) is 70.7 Å². The van der Waals surface area contributed by atoms with Crippen molar-refractivity contribution >= 4 is 12.2 Å². The normalized spacial score (nSPS) is 9.67. The van der Waals surface area contributed by atoms with Gasteiger partial charge in [0.2, 0.25) is 0 Å². The van der Waals surface area contributed by atoms with E-state index in [0.717, 1.165) is 0 Å². The highest BCUT2D eigenvalue weighted by Crippen LogP contribution is 1.79. The van der Waals surface area contributed by atoms with Crippen LogP contribution in [0.1, 0.15) is 0 Å². The van der Waals surface area contributed by atoms with Crippen molar-refractivity contribution in [3.8, 4) is 0 Å². The lowest BCUT2D eigenvalue weighted by Crippen LogP contribution is -2.33. The zero-order chi connectivity index (χ0) is 9.14. The molecule has 2 N–H and O–H groups in total. The lowest BCUT2D eigenvalue weighted by Gasteiger charge is -1.99.